The molecule has 178 valence electrons. The van der Waals surface area contributed by atoms with Crippen LogP contribution in [0.5, 0.6) is 5.88 Å². The number of methoxy groups -OCH3 is 1. The van der Waals surface area contributed by atoms with Crippen molar-refractivity contribution in [2.24, 2.45) is 11.8 Å². The molecule has 1 saturated heterocycles. The molecule has 1 saturated carbocycles. The zero-order valence-corrected chi connectivity index (χ0v) is 18.8. The number of nitrogens with zero attached hydrogens (tertiary/aromatic N) is 2. The molecule has 9 nitrogen and oxygen atoms in total. The average Bonchev–Trinajstić information content (AvgIpc) is 3.54. The average molecular weight is 454 g/mol. The molecule has 10 heteroatoms. The highest BCUT2D eigenvalue weighted by Gasteiger charge is 2.40. The van der Waals surface area contributed by atoms with Gasteiger partial charge in [0.2, 0.25) is 12.7 Å². The molecule has 2 heterocycles. The molecule has 1 aromatic rings. The van der Waals surface area contributed by atoms with Crippen LogP contribution in [0.3, 0.4) is 0 Å². The zero-order valence-electron chi connectivity index (χ0n) is 18.8. The Hall–Kier alpha value is -2.46. The standard InChI is InChI=1S/C22H32FN3O6/c1-4-22(5-2,21(29)32-13-23)25-19(28)17-6-7-18(26-9-16(10-26)30-3)20(24-17)31-12-15-8-14(15)11-27/h6-7,14-16,27H,4-5,8-13H2,1-3H3,(H,25,28)/t14-,15-/m0/s1. The van der Waals surface area contributed by atoms with Gasteiger partial charge < -0.3 is 29.5 Å². The maximum absolute atomic E-state index is 13.0. The van der Waals surface area contributed by atoms with Gasteiger partial charge in [0.1, 0.15) is 16.9 Å². The number of carbonyl (C=O) groups excluding carboxylic acids is 2. The highest BCUT2D eigenvalue weighted by molar-refractivity contribution is 5.97. The third kappa shape index (κ3) is 5.12. The summed E-state index contributed by atoms with van der Waals surface area (Å²) in [5, 5.41) is 11.9. The van der Waals surface area contributed by atoms with E-state index in [-0.39, 0.29) is 43.1 Å². The van der Waals surface area contributed by atoms with Crippen LogP contribution in [0.4, 0.5) is 10.1 Å². The van der Waals surface area contributed by atoms with E-state index in [1.165, 1.54) is 0 Å². The Morgan fingerprint density at radius 3 is 2.56 bits per heavy atom. The van der Waals surface area contributed by atoms with Crippen molar-refractivity contribution in [3.8, 4) is 5.88 Å². The molecule has 0 unspecified atom stereocenters. The highest BCUT2D eigenvalue weighted by atomic mass is 19.1. The number of aliphatic hydroxyl groups excluding tert-OH is 1. The molecule has 3 rings (SSSR count). The van der Waals surface area contributed by atoms with Gasteiger partial charge in [0.25, 0.3) is 5.91 Å². The molecule has 0 spiro atoms. The van der Waals surface area contributed by atoms with Gasteiger partial charge >= 0.3 is 5.97 Å². The molecule has 2 atom stereocenters. The number of alkyl halides is 1. The number of ether oxygens (including phenoxy) is 3. The first-order valence-corrected chi connectivity index (χ1v) is 11.0. The Labute approximate surface area is 187 Å². The number of carbonyl (C=O) groups is 2. The van der Waals surface area contributed by atoms with E-state index in [1.807, 2.05) is 0 Å². The van der Waals surface area contributed by atoms with Crippen molar-refractivity contribution in [1.82, 2.24) is 10.3 Å². The Morgan fingerprint density at radius 1 is 1.28 bits per heavy atom. The van der Waals surface area contributed by atoms with Gasteiger partial charge in [0.05, 0.1) is 12.7 Å². The molecule has 0 bridgehead atoms. The van der Waals surface area contributed by atoms with Gasteiger partial charge in [0.15, 0.2) is 0 Å². The minimum absolute atomic E-state index is 0.0846. The molecule has 2 fully saturated rings. The van der Waals surface area contributed by atoms with E-state index in [1.54, 1.807) is 33.1 Å². The number of aliphatic hydroxyl groups is 1. The van der Waals surface area contributed by atoms with Crippen molar-refractivity contribution in [2.45, 2.75) is 44.8 Å². The van der Waals surface area contributed by atoms with E-state index in [0.717, 1.165) is 12.1 Å². The molecule has 1 aliphatic heterocycles. The zero-order chi connectivity index (χ0) is 23.3. The SMILES string of the molecule is CCC(CC)(NC(=O)c1ccc(N2CC(OC)C2)c(OC[C@@H]2C[C@H]2CO)n1)C(=O)OCF. The minimum Gasteiger partial charge on any atom is -0.476 e. The minimum atomic E-state index is -1.34. The highest BCUT2D eigenvalue weighted by Crippen LogP contribution is 2.39. The normalized spacial score (nSPS) is 20.5. The van der Waals surface area contributed by atoms with Gasteiger partial charge in [-0.15, -0.1) is 0 Å². The van der Waals surface area contributed by atoms with Gasteiger partial charge in [0, 0.05) is 26.8 Å². The molecule has 2 aliphatic rings. The van der Waals surface area contributed by atoms with Gasteiger partial charge in [-0.2, -0.15) is 0 Å². The van der Waals surface area contributed by atoms with Gasteiger partial charge in [-0.05, 0) is 43.2 Å². The number of pyridine rings is 1. The predicted octanol–water partition coefficient (Wildman–Crippen LogP) is 1.68. The smallest absolute Gasteiger partial charge is 0.334 e. The predicted molar refractivity (Wildman–Crippen MR) is 114 cm³/mol. The first kappa shape index (κ1) is 24.2. The monoisotopic (exact) mass is 453 g/mol. The third-order valence-electron chi connectivity index (χ3n) is 6.47. The molecule has 2 N–H and O–H groups in total. The lowest BCUT2D eigenvalue weighted by Gasteiger charge is -2.40. The van der Waals surface area contributed by atoms with E-state index in [9.17, 15) is 19.1 Å². The summed E-state index contributed by atoms with van der Waals surface area (Å²) >= 11 is 0. The Balaban J connectivity index is 1.78. The number of rotatable bonds is 12. The van der Waals surface area contributed by atoms with Crippen molar-refractivity contribution < 1.29 is 33.3 Å². The van der Waals surface area contributed by atoms with Crippen LogP contribution in [0.15, 0.2) is 12.1 Å². The van der Waals surface area contributed by atoms with E-state index in [2.05, 4.69) is 19.9 Å². The largest absolute Gasteiger partial charge is 0.476 e. The Bertz CT molecular complexity index is 813. The van der Waals surface area contributed by atoms with Crippen molar-refractivity contribution in [3.63, 3.8) is 0 Å². The second kappa shape index (κ2) is 10.4. The number of aromatic nitrogens is 1. The maximum atomic E-state index is 13.0. The van der Waals surface area contributed by atoms with E-state index in [4.69, 9.17) is 9.47 Å². The fourth-order valence-corrected chi connectivity index (χ4v) is 3.85. The van der Waals surface area contributed by atoms with Gasteiger partial charge in [-0.1, -0.05) is 13.8 Å². The number of amides is 1. The molecule has 32 heavy (non-hydrogen) atoms. The number of esters is 1. The number of halogens is 1. The van der Waals surface area contributed by atoms with Gasteiger partial charge in [-0.3, -0.25) is 4.79 Å². The lowest BCUT2D eigenvalue weighted by atomic mass is 9.92. The number of nitrogens with one attached hydrogen (secondary N) is 1. The topological polar surface area (TPSA) is 110 Å². The van der Waals surface area contributed by atoms with Crippen LogP contribution in [0, 0.1) is 11.8 Å². The summed E-state index contributed by atoms with van der Waals surface area (Å²) < 4.78 is 28.4. The fourth-order valence-electron chi connectivity index (χ4n) is 3.85. The van der Waals surface area contributed by atoms with Crippen LogP contribution in [0.25, 0.3) is 0 Å². The van der Waals surface area contributed by atoms with Gasteiger partial charge in [-0.25, -0.2) is 14.2 Å². The van der Waals surface area contributed by atoms with E-state index in [0.29, 0.717) is 25.6 Å². The van der Waals surface area contributed by atoms with E-state index >= 15 is 0 Å². The number of hydrogen-bond donors (Lipinski definition) is 2. The molecule has 0 radical (unpaired) electrons. The first-order chi connectivity index (χ1) is 15.4. The number of hydrogen-bond acceptors (Lipinski definition) is 8. The number of anilines is 1. The summed E-state index contributed by atoms with van der Waals surface area (Å²) in [6, 6.07) is 3.33. The third-order valence-corrected chi connectivity index (χ3v) is 6.47. The summed E-state index contributed by atoms with van der Waals surface area (Å²) in [6.45, 7) is 4.09. The fraction of sp³-hybridized carbons (Fsp3) is 0.682. The molecular formula is C22H32FN3O6. The summed E-state index contributed by atoms with van der Waals surface area (Å²) in [6.07, 6.45) is 1.51. The molecular weight excluding hydrogens is 421 g/mol. The summed E-state index contributed by atoms with van der Waals surface area (Å²) in [5.41, 5.74) is -0.498. The molecule has 0 aromatic carbocycles. The van der Waals surface area contributed by atoms with Crippen LogP contribution < -0.4 is 15.0 Å². The lowest BCUT2D eigenvalue weighted by Crippen LogP contribution is -2.54. The van der Waals surface area contributed by atoms with Crippen molar-refractivity contribution in [1.29, 1.82) is 0 Å². The molecule has 1 amide bonds. The van der Waals surface area contributed by atoms with Crippen molar-refractivity contribution in [2.75, 3.05) is 45.2 Å². The lowest BCUT2D eigenvalue weighted by molar-refractivity contribution is -0.155. The van der Waals surface area contributed by atoms with Crippen LogP contribution >= 0.6 is 0 Å². The Kier molecular flexibility index (Phi) is 7.89. The van der Waals surface area contributed by atoms with Crippen LogP contribution in [-0.4, -0.2) is 73.9 Å². The molecule has 1 aliphatic carbocycles. The maximum Gasteiger partial charge on any atom is 0.334 e. The summed E-state index contributed by atoms with van der Waals surface area (Å²) in [4.78, 5) is 31.7. The Morgan fingerprint density at radius 2 is 2.00 bits per heavy atom. The summed E-state index contributed by atoms with van der Waals surface area (Å²) in [7, 11) is 1.66. The second-order valence-electron chi connectivity index (χ2n) is 8.32. The second-order valence-corrected chi connectivity index (χ2v) is 8.32. The molecule has 1 aromatic heterocycles. The van der Waals surface area contributed by atoms with Crippen molar-refractivity contribution in [3.05, 3.63) is 17.8 Å². The first-order valence-electron chi connectivity index (χ1n) is 11.0. The van der Waals surface area contributed by atoms with Crippen LogP contribution in [-0.2, 0) is 14.3 Å². The van der Waals surface area contributed by atoms with Crippen LogP contribution in [0.1, 0.15) is 43.6 Å². The van der Waals surface area contributed by atoms with Crippen LogP contribution in [0.2, 0.25) is 0 Å². The quantitative estimate of drug-likeness (QED) is 0.460. The summed E-state index contributed by atoms with van der Waals surface area (Å²) in [5.74, 6) is -0.567. The van der Waals surface area contributed by atoms with Crippen molar-refractivity contribution >= 4 is 17.6 Å². The van der Waals surface area contributed by atoms with E-state index < -0.39 is 24.3 Å².